The van der Waals surface area contributed by atoms with Gasteiger partial charge in [-0.3, -0.25) is 0 Å². The minimum atomic E-state index is -2.14. The SMILES string of the molecule is C/C=C(\O[Si](C)(C)C(C)(C)C)C(=[N+]=[N-])C(=O)O. The number of hydrogen-bond donors (Lipinski definition) is 1. The number of carboxylic acid groups (broad SMARTS) is 1. The lowest BCUT2D eigenvalue weighted by molar-refractivity contribution is -0.134. The summed E-state index contributed by atoms with van der Waals surface area (Å²) in [5.41, 5.74) is 8.24. The molecular formula is C11H20N2O3Si. The molecule has 0 saturated heterocycles. The van der Waals surface area contributed by atoms with Gasteiger partial charge in [-0.15, -0.1) is 0 Å². The van der Waals surface area contributed by atoms with Gasteiger partial charge in [0.25, 0.3) is 8.32 Å². The fourth-order valence-corrected chi connectivity index (χ4v) is 1.94. The Bertz CT molecular complexity index is 388. The standard InChI is InChI=1S/C11H20N2O3Si/c1-7-8(9(13-12)10(14)15)16-17(5,6)11(2,3)4/h7H,1-6H3,(H,14,15)/b8-7-. The van der Waals surface area contributed by atoms with Crippen molar-refractivity contribution < 1.29 is 19.1 Å². The summed E-state index contributed by atoms with van der Waals surface area (Å²) in [6.07, 6.45) is 1.50. The van der Waals surface area contributed by atoms with Crippen LogP contribution in [0.15, 0.2) is 11.8 Å². The number of carbonyl (C=O) groups is 1. The largest absolute Gasteiger partial charge is 0.538 e. The highest BCUT2D eigenvalue weighted by Crippen LogP contribution is 2.37. The maximum atomic E-state index is 10.9. The van der Waals surface area contributed by atoms with Crippen molar-refractivity contribution in [2.75, 3.05) is 0 Å². The van der Waals surface area contributed by atoms with Crippen molar-refractivity contribution in [2.24, 2.45) is 0 Å². The summed E-state index contributed by atoms with van der Waals surface area (Å²) in [6.45, 7) is 11.8. The highest BCUT2D eigenvalue weighted by molar-refractivity contribution is 6.74. The molecule has 0 bridgehead atoms. The fraction of sp³-hybridized carbons (Fsp3) is 0.636. The molecule has 0 rings (SSSR count). The van der Waals surface area contributed by atoms with Gasteiger partial charge in [-0.25, -0.2) is 4.79 Å². The molecule has 0 aliphatic carbocycles. The number of nitrogens with zero attached hydrogens (tertiary/aromatic N) is 2. The molecule has 0 atom stereocenters. The maximum Gasteiger partial charge on any atom is 0.438 e. The molecule has 0 heterocycles. The van der Waals surface area contributed by atoms with Gasteiger partial charge in [-0.2, -0.15) is 4.79 Å². The molecular weight excluding hydrogens is 236 g/mol. The average Bonchev–Trinajstić information content (AvgIpc) is 2.14. The van der Waals surface area contributed by atoms with Crippen LogP contribution < -0.4 is 0 Å². The molecule has 0 radical (unpaired) electrons. The monoisotopic (exact) mass is 256 g/mol. The summed E-state index contributed by atoms with van der Waals surface area (Å²) >= 11 is 0. The number of aliphatic carboxylic acids is 1. The van der Waals surface area contributed by atoms with Crippen LogP contribution in [0.3, 0.4) is 0 Å². The summed E-state index contributed by atoms with van der Waals surface area (Å²) in [4.78, 5) is 13.6. The third-order valence-electron chi connectivity index (χ3n) is 2.97. The van der Waals surface area contributed by atoms with Gasteiger partial charge in [0.15, 0.2) is 5.76 Å². The van der Waals surface area contributed by atoms with Crippen LogP contribution in [0.4, 0.5) is 0 Å². The maximum absolute atomic E-state index is 10.9. The van der Waals surface area contributed by atoms with Crippen LogP contribution in [-0.4, -0.2) is 29.9 Å². The van der Waals surface area contributed by atoms with E-state index in [1.54, 1.807) is 6.92 Å². The van der Waals surface area contributed by atoms with Gasteiger partial charge in [-0.1, -0.05) is 20.8 Å². The molecule has 0 aromatic heterocycles. The minimum absolute atomic E-state index is 0.0552. The smallest absolute Gasteiger partial charge is 0.438 e. The van der Waals surface area contributed by atoms with E-state index < -0.39 is 20.0 Å². The van der Waals surface area contributed by atoms with Crippen molar-refractivity contribution in [3.8, 4) is 0 Å². The van der Waals surface area contributed by atoms with Crippen LogP contribution in [0.5, 0.6) is 0 Å². The fourth-order valence-electron chi connectivity index (χ4n) is 0.869. The van der Waals surface area contributed by atoms with Gasteiger partial charge in [0.2, 0.25) is 0 Å². The summed E-state index contributed by atoms with van der Waals surface area (Å²) < 4.78 is 5.79. The Morgan fingerprint density at radius 2 is 1.88 bits per heavy atom. The minimum Gasteiger partial charge on any atom is -0.538 e. The average molecular weight is 256 g/mol. The van der Waals surface area contributed by atoms with E-state index in [0.717, 1.165) is 0 Å². The molecule has 0 saturated carbocycles. The van der Waals surface area contributed by atoms with Crippen molar-refractivity contribution in [1.29, 1.82) is 0 Å². The zero-order valence-electron chi connectivity index (χ0n) is 11.2. The second-order valence-electron chi connectivity index (χ2n) is 5.27. The lowest BCUT2D eigenvalue weighted by atomic mass is 10.2. The number of hydrogen-bond acceptors (Lipinski definition) is 2. The molecule has 1 N–H and O–H groups in total. The molecule has 0 aromatic carbocycles. The molecule has 5 nitrogen and oxygen atoms in total. The van der Waals surface area contributed by atoms with Gasteiger partial charge in [0.05, 0.1) is 0 Å². The van der Waals surface area contributed by atoms with E-state index in [4.69, 9.17) is 15.1 Å². The second-order valence-corrected chi connectivity index (χ2v) is 9.99. The lowest BCUT2D eigenvalue weighted by Gasteiger charge is -2.36. The van der Waals surface area contributed by atoms with E-state index in [-0.39, 0.29) is 10.8 Å². The van der Waals surface area contributed by atoms with Gasteiger partial charge in [0, 0.05) is 0 Å². The molecule has 0 aliphatic rings. The van der Waals surface area contributed by atoms with Crippen molar-refractivity contribution in [1.82, 2.24) is 0 Å². The van der Waals surface area contributed by atoms with Crippen molar-refractivity contribution in [3.05, 3.63) is 17.4 Å². The van der Waals surface area contributed by atoms with Crippen LogP contribution in [0, 0.1) is 0 Å². The first-order chi connectivity index (χ1) is 7.56. The van der Waals surface area contributed by atoms with Crippen molar-refractivity contribution in [3.63, 3.8) is 0 Å². The molecule has 6 heteroatoms. The summed E-state index contributed by atoms with van der Waals surface area (Å²) in [6, 6.07) is 0. The van der Waals surface area contributed by atoms with Crippen molar-refractivity contribution in [2.45, 2.75) is 45.8 Å². The molecule has 96 valence electrons. The quantitative estimate of drug-likeness (QED) is 0.276. The van der Waals surface area contributed by atoms with E-state index in [9.17, 15) is 4.79 Å². The van der Waals surface area contributed by atoms with Crippen molar-refractivity contribution >= 4 is 20.0 Å². The second kappa shape index (κ2) is 5.29. The predicted octanol–water partition coefficient (Wildman–Crippen LogP) is 2.67. The van der Waals surface area contributed by atoms with Gasteiger partial charge >= 0.3 is 11.7 Å². The third-order valence-corrected chi connectivity index (χ3v) is 7.31. The van der Waals surface area contributed by atoms with Crippen LogP contribution in [-0.2, 0) is 9.22 Å². The zero-order valence-corrected chi connectivity index (χ0v) is 12.2. The molecule has 0 aliphatic heterocycles. The first-order valence-electron chi connectivity index (χ1n) is 5.38. The topological polar surface area (TPSA) is 82.9 Å². The summed E-state index contributed by atoms with van der Waals surface area (Å²) in [5.74, 6) is -1.19. The lowest BCUT2D eigenvalue weighted by Crippen LogP contribution is -2.42. The van der Waals surface area contributed by atoms with Crippen LogP contribution in [0.25, 0.3) is 5.53 Å². The number of carboxylic acids is 1. The molecule has 0 aromatic rings. The van der Waals surface area contributed by atoms with Gasteiger partial charge < -0.3 is 15.1 Å². The Morgan fingerprint density at radius 1 is 1.41 bits per heavy atom. The first kappa shape index (κ1) is 15.6. The van der Waals surface area contributed by atoms with Crippen LogP contribution >= 0.6 is 0 Å². The Labute approximate surface area is 103 Å². The van der Waals surface area contributed by atoms with E-state index in [0.29, 0.717) is 0 Å². The predicted molar refractivity (Wildman–Crippen MR) is 68.3 cm³/mol. The highest BCUT2D eigenvalue weighted by Gasteiger charge is 2.42. The van der Waals surface area contributed by atoms with Crippen LogP contribution in [0.1, 0.15) is 27.7 Å². The molecule has 0 fully saturated rings. The van der Waals surface area contributed by atoms with E-state index in [1.165, 1.54) is 6.08 Å². The zero-order chi connectivity index (χ0) is 13.9. The normalized spacial score (nSPS) is 12.9. The van der Waals surface area contributed by atoms with E-state index in [1.807, 2.05) is 33.9 Å². The van der Waals surface area contributed by atoms with Crippen LogP contribution in [0.2, 0.25) is 18.1 Å². The number of allylic oxidation sites excluding steroid dienone is 1. The van der Waals surface area contributed by atoms with Gasteiger partial charge in [0.1, 0.15) is 0 Å². The summed E-state index contributed by atoms with van der Waals surface area (Å²) in [7, 11) is -2.14. The Balaban J connectivity index is 5.25. The molecule has 0 amide bonds. The number of rotatable bonds is 4. The van der Waals surface area contributed by atoms with E-state index in [2.05, 4.69) is 4.79 Å². The highest BCUT2D eigenvalue weighted by atomic mass is 28.4. The Morgan fingerprint density at radius 3 is 2.12 bits per heavy atom. The molecule has 17 heavy (non-hydrogen) atoms. The van der Waals surface area contributed by atoms with E-state index >= 15 is 0 Å². The van der Waals surface area contributed by atoms with Gasteiger partial charge in [-0.05, 0) is 31.1 Å². The Kier molecular flexibility index (Phi) is 4.86. The molecule has 0 spiro atoms. The summed E-state index contributed by atoms with van der Waals surface area (Å²) in [5, 5.41) is 8.82. The third kappa shape index (κ3) is 3.83. The Hall–Kier alpha value is -1.39. The molecule has 0 unspecified atom stereocenters. The first-order valence-corrected chi connectivity index (χ1v) is 8.28.